The summed E-state index contributed by atoms with van der Waals surface area (Å²) in [6, 6.07) is 7.80. The van der Waals surface area contributed by atoms with Crippen LogP contribution in [0.3, 0.4) is 0 Å². The normalized spacial score (nSPS) is 10.4. The maximum atomic E-state index is 11.8. The van der Waals surface area contributed by atoms with Gasteiger partial charge in [-0.05, 0) is 24.3 Å². The van der Waals surface area contributed by atoms with Gasteiger partial charge >= 0.3 is 12.0 Å². The Morgan fingerprint density at radius 2 is 1.93 bits per heavy atom. The van der Waals surface area contributed by atoms with Crippen LogP contribution in [0.1, 0.15) is 11.3 Å². The van der Waals surface area contributed by atoms with Crippen molar-refractivity contribution in [3.8, 4) is 11.5 Å². The second kappa shape index (κ2) is 10.4. The van der Waals surface area contributed by atoms with E-state index in [1.807, 2.05) is 5.32 Å². The van der Waals surface area contributed by atoms with Gasteiger partial charge in [0.05, 0.1) is 27.0 Å². The van der Waals surface area contributed by atoms with Crippen LogP contribution < -0.4 is 20.1 Å². The lowest BCUT2D eigenvalue weighted by Gasteiger charge is -2.09. The molecule has 0 aliphatic rings. The van der Waals surface area contributed by atoms with Crippen molar-refractivity contribution in [1.29, 1.82) is 0 Å². The topological polar surface area (TPSA) is 116 Å². The Morgan fingerprint density at radius 3 is 2.61 bits per heavy atom. The molecule has 9 heteroatoms. The fourth-order valence-electron chi connectivity index (χ4n) is 2.17. The highest BCUT2D eigenvalue weighted by atomic mass is 16.5. The van der Waals surface area contributed by atoms with E-state index in [-0.39, 0.29) is 6.54 Å². The van der Waals surface area contributed by atoms with Crippen molar-refractivity contribution in [1.82, 2.24) is 10.6 Å². The summed E-state index contributed by atoms with van der Waals surface area (Å²) in [4.78, 5) is 35.0. The highest BCUT2D eigenvalue weighted by Crippen LogP contribution is 2.31. The number of furan rings is 1. The van der Waals surface area contributed by atoms with E-state index in [1.165, 1.54) is 26.6 Å². The molecule has 0 aliphatic carbocycles. The molecule has 1 heterocycles. The molecule has 28 heavy (non-hydrogen) atoms. The van der Waals surface area contributed by atoms with E-state index in [0.29, 0.717) is 22.8 Å². The molecule has 148 valence electrons. The number of imide groups is 1. The molecule has 0 radical (unpaired) electrons. The second-order valence-electron chi connectivity index (χ2n) is 5.33. The predicted octanol–water partition coefficient (Wildman–Crippen LogP) is 1.88. The summed E-state index contributed by atoms with van der Waals surface area (Å²) in [5.74, 6) is -0.0150. The summed E-state index contributed by atoms with van der Waals surface area (Å²) in [7, 11) is 2.98. The Hall–Kier alpha value is -3.75. The van der Waals surface area contributed by atoms with E-state index in [1.54, 1.807) is 30.3 Å². The molecular weight excluding hydrogens is 368 g/mol. The minimum Gasteiger partial charge on any atom is -0.493 e. The van der Waals surface area contributed by atoms with E-state index >= 15 is 0 Å². The number of nitrogens with one attached hydrogen (secondary N) is 2. The first-order valence-corrected chi connectivity index (χ1v) is 8.19. The number of ether oxygens (including phenoxy) is 3. The largest absolute Gasteiger partial charge is 0.493 e. The average molecular weight is 388 g/mol. The van der Waals surface area contributed by atoms with Gasteiger partial charge in [-0.3, -0.25) is 10.1 Å². The zero-order chi connectivity index (χ0) is 20.4. The first-order chi connectivity index (χ1) is 13.5. The van der Waals surface area contributed by atoms with Crippen molar-refractivity contribution in [2.24, 2.45) is 0 Å². The Kier molecular flexibility index (Phi) is 7.64. The molecule has 0 saturated heterocycles. The van der Waals surface area contributed by atoms with Crippen molar-refractivity contribution in [2.45, 2.75) is 6.54 Å². The molecule has 1 aromatic carbocycles. The first-order valence-electron chi connectivity index (χ1n) is 8.19. The number of benzene rings is 1. The molecular formula is C19H20N2O7. The van der Waals surface area contributed by atoms with Gasteiger partial charge in [0.15, 0.2) is 18.1 Å². The number of hydrogen-bond donors (Lipinski definition) is 2. The summed E-state index contributed by atoms with van der Waals surface area (Å²) in [5, 5.41) is 4.47. The van der Waals surface area contributed by atoms with Crippen LogP contribution in [0.2, 0.25) is 0 Å². The van der Waals surface area contributed by atoms with Crippen LogP contribution in [0, 0.1) is 0 Å². The fraction of sp³-hybridized carbons (Fsp3) is 0.211. The van der Waals surface area contributed by atoms with Crippen LogP contribution in [0.4, 0.5) is 4.79 Å². The number of amides is 3. The monoisotopic (exact) mass is 388 g/mol. The number of rotatable bonds is 8. The Morgan fingerprint density at radius 1 is 1.11 bits per heavy atom. The highest BCUT2D eigenvalue weighted by Gasteiger charge is 2.11. The van der Waals surface area contributed by atoms with Crippen molar-refractivity contribution in [3.05, 3.63) is 54.0 Å². The molecule has 0 bridgehead atoms. The van der Waals surface area contributed by atoms with E-state index in [2.05, 4.69) is 5.32 Å². The molecule has 1 aromatic heterocycles. The fourth-order valence-corrected chi connectivity index (χ4v) is 2.17. The third kappa shape index (κ3) is 6.20. The Labute approximate surface area is 161 Å². The van der Waals surface area contributed by atoms with E-state index in [9.17, 15) is 14.4 Å². The van der Waals surface area contributed by atoms with Gasteiger partial charge < -0.3 is 23.9 Å². The summed E-state index contributed by atoms with van der Waals surface area (Å²) in [6.07, 6.45) is 4.08. The zero-order valence-corrected chi connectivity index (χ0v) is 15.4. The number of urea groups is 1. The maximum absolute atomic E-state index is 11.8. The molecule has 3 amide bonds. The summed E-state index contributed by atoms with van der Waals surface area (Å²) >= 11 is 0. The smallest absolute Gasteiger partial charge is 0.331 e. The molecule has 0 atom stereocenters. The minimum absolute atomic E-state index is 0.122. The van der Waals surface area contributed by atoms with E-state index in [4.69, 9.17) is 18.6 Å². The van der Waals surface area contributed by atoms with Gasteiger partial charge in [0.2, 0.25) is 0 Å². The lowest BCUT2D eigenvalue weighted by molar-refractivity contribution is -0.143. The Balaban J connectivity index is 1.78. The molecule has 0 spiro atoms. The molecule has 0 fully saturated rings. The molecule has 2 rings (SSSR count). The SMILES string of the molecule is COc1cccc(/C=C/C(=O)OCC(=O)NC(=O)NCc2ccco2)c1OC. The van der Waals surface area contributed by atoms with Gasteiger partial charge in [-0.2, -0.15) is 0 Å². The molecule has 0 aliphatic heterocycles. The number of methoxy groups -OCH3 is 2. The number of para-hydroxylation sites is 1. The van der Waals surface area contributed by atoms with Crippen LogP contribution in [-0.4, -0.2) is 38.7 Å². The number of esters is 1. The second-order valence-corrected chi connectivity index (χ2v) is 5.33. The summed E-state index contributed by atoms with van der Waals surface area (Å²) in [5.41, 5.74) is 0.598. The number of carbonyl (C=O) groups is 3. The molecule has 0 saturated carbocycles. The van der Waals surface area contributed by atoms with Gasteiger partial charge in [0.25, 0.3) is 5.91 Å². The van der Waals surface area contributed by atoms with Crippen LogP contribution in [0.15, 0.2) is 47.1 Å². The predicted molar refractivity (Wildman–Crippen MR) is 98.6 cm³/mol. The van der Waals surface area contributed by atoms with E-state index < -0.39 is 24.5 Å². The lowest BCUT2D eigenvalue weighted by atomic mass is 10.1. The van der Waals surface area contributed by atoms with Crippen molar-refractivity contribution in [3.63, 3.8) is 0 Å². The molecule has 9 nitrogen and oxygen atoms in total. The van der Waals surface area contributed by atoms with Crippen molar-refractivity contribution in [2.75, 3.05) is 20.8 Å². The highest BCUT2D eigenvalue weighted by molar-refractivity contribution is 5.96. The van der Waals surface area contributed by atoms with Crippen molar-refractivity contribution < 1.29 is 33.0 Å². The minimum atomic E-state index is -0.766. The van der Waals surface area contributed by atoms with Crippen LogP contribution in [0.5, 0.6) is 11.5 Å². The molecule has 2 N–H and O–H groups in total. The van der Waals surface area contributed by atoms with Crippen LogP contribution >= 0.6 is 0 Å². The molecule has 0 unspecified atom stereocenters. The van der Waals surface area contributed by atoms with Crippen LogP contribution in [0.25, 0.3) is 6.08 Å². The van der Waals surface area contributed by atoms with Gasteiger partial charge in [0, 0.05) is 11.6 Å². The molecule has 2 aromatic rings. The first kappa shape index (κ1) is 20.6. The third-order valence-corrected chi connectivity index (χ3v) is 3.43. The lowest BCUT2D eigenvalue weighted by Crippen LogP contribution is -2.41. The summed E-state index contributed by atoms with van der Waals surface area (Å²) in [6.45, 7) is -0.483. The number of hydrogen-bond acceptors (Lipinski definition) is 7. The van der Waals surface area contributed by atoms with E-state index in [0.717, 1.165) is 6.08 Å². The van der Waals surface area contributed by atoms with Gasteiger partial charge in [-0.25, -0.2) is 9.59 Å². The average Bonchev–Trinajstić information content (AvgIpc) is 3.22. The van der Waals surface area contributed by atoms with Crippen LogP contribution in [-0.2, 0) is 20.9 Å². The number of carbonyl (C=O) groups excluding carboxylic acids is 3. The van der Waals surface area contributed by atoms with Crippen molar-refractivity contribution >= 4 is 24.0 Å². The standard InChI is InChI=1S/C19H20N2O7/c1-25-15-7-3-5-13(18(15)26-2)8-9-17(23)28-12-16(22)21-19(24)20-11-14-6-4-10-27-14/h3-10H,11-12H2,1-2H3,(H2,20,21,22,24)/b9-8+. The van der Waals surface area contributed by atoms with Gasteiger partial charge in [-0.15, -0.1) is 0 Å². The quantitative estimate of drug-likeness (QED) is 0.524. The van der Waals surface area contributed by atoms with Gasteiger partial charge in [-0.1, -0.05) is 12.1 Å². The summed E-state index contributed by atoms with van der Waals surface area (Å²) < 4.78 is 20.3. The Bertz CT molecular complexity index is 844. The van der Waals surface area contributed by atoms with Gasteiger partial charge in [0.1, 0.15) is 5.76 Å². The third-order valence-electron chi connectivity index (χ3n) is 3.43. The maximum Gasteiger partial charge on any atom is 0.331 e. The zero-order valence-electron chi connectivity index (χ0n) is 15.4.